The van der Waals surface area contributed by atoms with E-state index in [0.29, 0.717) is 30.6 Å². The first-order chi connectivity index (χ1) is 9.56. The highest BCUT2D eigenvalue weighted by Crippen LogP contribution is 2.15. The molecule has 0 spiro atoms. The summed E-state index contributed by atoms with van der Waals surface area (Å²) in [4.78, 5) is 11.8. The van der Waals surface area contributed by atoms with Crippen LogP contribution in [0.4, 0.5) is 0 Å². The second-order valence-corrected chi connectivity index (χ2v) is 5.46. The van der Waals surface area contributed by atoms with Gasteiger partial charge in [0.2, 0.25) is 0 Å². The van der Waals surface area contributed by atoms with Crippen LogP contribution in [0.3, 0.4) is 0 Å². The van der Waals surface area contributed by atoms with Crippen molar-refractivity contribution >= 4 is 5.97 Å². The van der Waals surface area contributed by atoms with Crippen molar-refractivity contribution in [2.45, 2.75) is 40.5 Å². The molecule has 0 aromatic heterocycles. The molecule has 0 heterocycles. The maximum Gasteiger partial charge on any atom is 0.338 e. The van der Waals surface area contributed by atoms with E-state index in [4.69, 9.17) is 9.47 Å². The highest BCUT2D eigenvalue weighted by Gasteiger charge is 2.09. The number of benzene rings is 1. The zero-order valence-electron chi connectivity index (χ0n) is 13.0. The van der Waals surface area contributed by atoms with Gasteiger partial charge in [0, 0.05) is 0 Å². The second kappa shape index (κ2) is 8.62. The molecule has 0 radical (unpaired) electrons. The van der Waals surface area contributed by atoms with Gasteiger partial charge in [-0.3, -0.25) is 0 Å². The maximum absolute atomic E-state index is 11.8. The third-order valence-electron chi connectivity index (χ3n) is 3.52. The van der Waals surface area contributed by atoms with Gasteiger partial charge in [0.05, 0.1) is 18.8 Å². The fourth-order valence-electron chi connectivity index (χ4n) is 1.46. The van der Waals surface area contributed by atoms with Gasteiger partial charge in [-0.05, 0) is 36.1 Å². The van der Waals surface area contributed by atoms with Crippen molar-refractivity contribution in [2.75, 3.05) is 13.2 Å². The van der Waals surface area contributed by atoms with Crippen molar-refractivity contribution < 1.29 is 14.3 Å². The average Bonchev–Trinajstić information content (AvgIpc) is 2.50. The van der Waals surface area contributed by atoms with E-state index in [1.807, 2.05) is 12.1 Å². The topological polar surface area (TPSA) is 35.5 Å². The van der Waals surface area contributed by atoms with E-state index >= 15 is 0 Å². The van der Waals surface area contributed by atoms with Crippen LogP contribution in [0.2, 0.25) is 0 Å². The van der Waals surface area contributed by atoms with Crippen LogP contribution >= 0.6 is 0 Å². The van der Waals surface area contributed by atoms with Gasteiger partial charge >= 0.3 is 5.97 Å². The quantitative estimate of drug-likeness (QED) is 0.664. The fourth-order valence-corrected chi connectivity index (χ4v) is 1.46. The first-order valence-electron chi connectivity index (χ1n) is 7.46. The lowest BCUT2D eigenvalue weighted by atomic mass is 10.1. The molecule has 112 valence electrons. The summed E-state index contributed by atoms with van der Waals surface area (Å²) in [6.07, 6.45) is 2.11. The van der Waals surface area contributed by atoms with Crippen LogP contribution < -0.4 is 4.74 Å². The molecule has 1 aromatic rings. The molecule has 3 heteroatoms. The van der Waals surface area contributed by atoms with Crippen LogP contribution in [0.25, 0.3) is 0 Å². The van der Waals surface area contributed by atoms with Crippen molar-refractivity contribution in [3.05, 3.63) is 29.8 Å². The molecule has 0 aliphatic carbocycles. The SMILES string of the molecule is CCC(C)COC(=O)c1ccc(OCC(C)CC)cc1. The average molecular weight is 278 g/mol. The summed E-state index contributed by atoms with van der Waals surface area (Å²) in [5, 5.41) is 0. The van der Waals surface area contributed by atoms with E-state index in [1.54, 1.807) is 12.1 Å². The third-order valence-corrected chi connectivity index (χ3v) is 3.52. The second-order valence-electron chi connectivity index (χ2n) is 5.46. The Bertz CT molecular complexity index is 397. The van der Waals surface area contributed by atoms with E-state index in [-0.39, 0.29) is 5.97 Å². The molecule has 1 rings (SSSR count). The van der Waals surface area contributed by atoms with Gasteiger partial charge in [0.15, 0.2) is 0 Å². The van der Waals surface area contributed by atoms with Gasteiger partial charge < -0.3 is 9.47 Å². The highest BCUT2D eigenvalue weighted by atomic mass is 16.5. The summed E-state index contributed by atoms with van der Waals surface area (Å²) < 4.78 is 10.9. The molecule has 1 aromatic carbocycles. The van der Waals surface area contributed by atoms with Gasteiger partial charge in [-0.2, -0.15) is 0 Å². The highest BCUT2D eigenvalue weighted by molar-refractivity contribution is 5.89. The van der Waals surface area contributed by atoms with Gasteiger partial charge in [-0.1, -0.05) is 40.5 Å². The summed E-state index contributed by atoms with van der Waals surface area (Å²) in [6, 6.07) is 7.15. The van der Waals surface area contributed by atoms with E-state index in [0.717, 1.165) is 18.6 Å². The van der Waals surface area contributed by atoms with E-state index in [2.05, 4.69) is 27.7 Å². The summed E-state index contributed by atoms with van der Waals surface area (Å²) >= 11 is 0. The molecule has 0 amide bonds. The Morgan fingerprint density at radius 2 is 1.55 bits per heavy atom. The Kier molecular flexibility index (Phi) is 7.13. The summed E-state index contributed by atoms with van der Waals surface area (Å²) in [7, 11) is 0. The molecule has 0 N–H and O–H groups in total. The van der Waals surface area contributed by atoms with Crippen molar-refractivity contribution in [3.8, 4) is 5.75 Å². The summed E-state index contributed by atoms with van der Waals surface area (Å²) in [5.41, 5.74) is 0.573. The predicted octanol–water partition coefficient (Wildman–Crippen LogP) is 4.31. The Balaban J connectivity index is 2.47. The molecule has 0 aliphatic heterocycles. The molecule has 2 atom stereocenters. The van der Waals surface area contributed by atoms with Crippen LogP contribution in [0.15, 0.2) is 24.3 Å². The van der Waals surface area contributed by atoms with Crippen LogP contribution in [0.1, 0.15) is 50.9 Å². The summed E-state index contributed by atoms with van der Waals surface area (Å²) in [6.45, 7) is 9.63. The Morgan fingerprint density at radius 3 is 2.10 bits per heavy atom. The zero-order valence-corrected chi connectivity index (χ0v) is 13.0. The number of carbonyl (C=O) groups is 1. The maximum atomic E-state index is 11.8. The van der Waals surface area contributed by atoms with Gasteiger partial charge in [-0.25, -0.2) is 4.79 Å². The molecule has 2 unspecified atom stereocenters. The van der Waals surface area contributed by atoms with Gasteiger partial charge in [0.25, 0.3) is 0 Å². The number of hydrogen-bond acceptors (Lipinski definition) is 3. The standard InChI is InChI=1S/C17H26O3/c1-5-13(3)11-19-16-9-7-15(8-10-16)17(18)20-12-14(4)6-2/h7-10,13-14H,5-6,11-12H2,1-4H3. The predicted molar refractivity (Wildman–Crippen MR) is 81.1 cm³/mol. The van der Waals surface area contributed by atoms with Gasteiger partial charge in [-0.15, -0.1) is 0 Å². The van der Waals surface area contributed by atoms with E-state index in [1.165, 1.54) is 0 Å². The number of hydrogen-bond donors (Lipinski definition) is 0. The number of rotatable bonds is 8. The van der Waals surface area contributed by atoms with E-state index < -0.39 is 0 Å². The van der Waals surface area contributed by atoms with E-state index in [9.17, 15) is 4.79 Å². The number of ether oxygens (including phenoxy) is 2. The molecule has 0 bridgehead atoms. The van der Waals surface area contributed by atoms with Crippen molar-refractivity contribution in [1.82, 2.24) is 0 Å². The molecule has 0 aliphatic rings. The third kappa shape index (κ3) is 5.64. The number of esters is 1. The molecule has 20 heavy (non-hydrogen) atoms. The molecule has 0 saturated carbocycles. The van der Waals surface area contributed by atoms with Crippen LogP contribution in [-0.4, -0.2) is 19.2 Å². The zero-order chi connectivity index (χ0) is 15.0. The van der Waals surface area contributed by atoms with Crippen LogP contribution in [0.5, 0.6) is 5.75 Å². The Hall–Kier alpha value is -1.51. The Morgan fingerprint density at radius 1 is 1.00 bits per heavy atom. The van der Waals surface area contributed by atoms with Crippen molar-refractivity contribution in [3.63, 3.8) is 0 Å². The molecular formula is C17H26O3. The lowest BCUT2D eigenvalue weighted by molar-refractivity contribution is 0.0447. The molecule has 0 saturated heterocycles. The fraction of sp³-hybridized carbons (Fsp3) is 0.588. The molecule has 3 nitrogen and oxygen atoms in total. The number of carbonyl (C=O) groups excluding carboxylic acids is 1. The first-order valence-corrected chi connectivity index (χ1v) is 7.46. The van der Waals surface area contributed by atoms with Gasteiger partial charge in [0.1, 0.15) is 5.75 Å². The van der Waals surface area contributed by atoms with Crippen molar-refractivity contribution in [2.24, 2.45) is 11.8 Å². The minimum absolute atomic E-state index is 0.265. The minimum atomic E-state index is -0.265. The minimum Gasteiger partial charge on any atom is -0.493 e. The molecule has 0 fully saturated rings. The van der Waals surface area contributed by atoms with Crippen LogP contribution in [-0.2, 0) is 4.74 Å². The van der Waals surface area contributed by atoms with Crippen molar-refractivity contribution in [1.29, 1.82) is 0 Å². The smallest absolute Gasteiger partial charge is 0.338 e. The normalized spacial score (nSPS) is 13.6. The first kappa shape index (κ1) is 16.5. The van der Waals surface area contributed by atoms with Crippen LogP contribution in [0, 0.1) is 11.8 Å². The summed E-state index contributed by atoms with van der Waals surface area (Å²) in [5.74, 6) is 1.47. The lowest BCUT2D eigenvalue weighted by Crippen LogP contribution is -2.11. The molecular weight excluding hydrogens is 252 g/mol. The monoisotopic (exact) mass is 278 g/mol. The Labute approximate surface area is 122 Å². The largest absolute Gasteiger partial charge is 0.493 e. The lowest BCUT2D eigenvalue weighted by Gasteiger charge is -2.12.